The van der Waals surface area contributed by atoms with Gasteiger partial charge in [0.25, 0.3) is 5.91 Å². The highest BCUT2D eigenvalue weighted by Gasteiger charge is 2.16. The molecule has 0 aliphatic heterocycles. The molecule has 0 fully saturated rings. The molecule has 0 radical (unpaired) electrons. The maximum absolute atomic E-state index is 12.4. The minimum atomic E-state index is 0.0311. The Labute approximate surface area is 161 Å². The third kappa shape index (κ3) is 4.61. The highest BCUT2D eigenvalue weighted by molar-refractivity contribution is 5.91. The number of hydrogen-bond acceptors (Lipinski definition) is 3. The van der Waals surface area contributed by atoms with Crippen molar-refractivity contribution in [2.75, 3.05) is 33.1 Å². The SMILES string of the molecule is COc1cc(C)c(C[NH+](C)CC(=O)Nc2ccc3c(c2)CCC3)cc1OC. The Kier molecular flexibility index (Phi) is 6.01. The molecule has 0 spiro atoms. The minimum absolute atomic E-state index is 0.0311. The quantitative estimate of drug-likeness (QED) is 0.786. The summed E-state index contributed by atoms with van der Waals surface area (Å²) in [5.41, 5.74) is 5.96. The zero-order valence-corrected chi connectivity index (χ0v) is 16.6. The number of quaternary nitrogens is 1. The van der Waals surface area contributed by atoms with Crippen LogP contribution >= 0.6 is 0 Å². The van der Waals surface area contributed by atoms with Crippen molar-refractivity contribution in [3.8, 4) is 11.5 Å². The normalized spacial score (nSPS) is 13.8. The van der Waals surface area contributed by atoms with Gasteiger partial charge in [0.1, 0.15) is 6.54 Å². The molecule has 1 atom stereocenters. The summed E-state index contributed by atoms with van der Waals surface area (Å²) in [6.45, 7) is 3.20. The lowest BCUT2D eigenvalue weighted by Crippen LogP contribution is -3.08. The number of carbonyl (C=O) groups excluding carboxylic acids is 1. The van der Waals surface area contributed by atoms with Crippen LogP contribution in [0.3, 0.4) is 0 Å². The molecule has 1 aliphatic carbocycles. The summed E-state index contributed by atoms with van der Waals surface area (Å²) in [6, 6.07) is 10.2. The van der Waals surface area contributed by atoms with Crippen molar-refractivity contribution < 1.29 is 19.2 Å². The van der Waals surface area contributed by atoms with Gasteiger partial charge in [-0.3, -0.25) is 4.79 Å². The molecule has 0 saturated carbocycles. The first-order valence-electron chi connectivity index (χ1n) is 9.44. The number of anilines is 1. The second kappa shape index (κ2) is 8.44. The lowest BCUT2D eigenvalue weighted by atomic mass is 10.1. The lowest BCUT2D eigenvalue weighted by Gasteiger charge is -2.17. The average Bonchev–Trinajstić information content (AvgIpc) is 3.10. The summed E-state index contributed by atoms with van der Waals surface area (Å²) >= 11 is 0. The van der Waals surface area contributed by atoms with Crippen LogP contribution in [-0.4, -0.2) is 33.7 Å². The van der Waals surface area contributed by atoms with Crippen molar-refractivity contribution in [3.05, 3.63) is 52.6 Å². The fraction of sp³-hybridized carbons (Fsp3) is 0.409. The molecular formula is C22H29N2O3+. The first kappa shape index (κ1) is 19.2. The van der Waals surface area contributed by atoms with E-state index < -0.39 is 0 Å². The van der Waals surface area contributed by atoms with Gasteiger partial charge in [0, 0.05) is 11.3 Å². The molecule has 3 rings (SSSR count). The van der Waals surface area contributed by atoms with Crippen molar-refractivity contribution >= 4 is 11.6 Å². The largest absolute Gasteiger partial charge is 0.493 e. The van der Waals surface area contributed by atoms with Crippen LogP contribution in [-0.2, 0) is 24.2 Å². The maximum Gasteiger partial charge on any atom is 0.279 e. The van der Waals surface area contributed by atoms with Gasteiger partial charge in [0.2, 0.25) is 0 Å². The summed E-state index contributed by atoms with van der Waals surface area (Å²) in [6.07, 6.45) is 3.48. The molecule has 0 saturated heterocycles. The van der Waals surface area contributed by atoms with E-state index in [9.17, 15) is 4.79 Å². The molecular weight excluding hydrogens is 340 g/mol. The molecule has 144 valence electrons. The van der Waals surface area contributed by atoms with Crippen LogP contribution in [0.2, 0.25) is 0 Å². The Morgan fingerprint density at radius 3 is 2.52 bits per heavy atom. The van der Waals surface area contributed by atoms with E-state index in [0.29, 0.717) is 12.3 Å². The fourth-order valence-electron chi connectivity index (χ4n) is 3.73. The number of nitrogens with one attached hydrogen (secondary N) is 2. The van der Waals surface area contributed by atoms with Gasteiger partial charge in [-0.05, 0) is 67.1 Å². The Morgan fingerprint density at radius 1 is 1.07 bits per heavy atom. The Bertz CT molecular complexity index is 833. The maximum atomic E-state index is 12.4. The summed E-state index contributed by atoms with van der Waals surface area (Å²) < 4.78 is 10.7. The highest BCUT2D eigenvalue weighted by atomic mass is 16.5. The first-order valence-corrected chi connectivity index (χ1v) is 9.44. The van der Waals surface area contributed by atoms with Gasteiger partial charge in [-0.1, -0.05) is 6.07 Å². The van der Waals surface area contributed by atoms with Crippen LogP contribution in [0.25, 0.3) is 0 Å². The van der Waals surface area contributed by atoms with Crippen molar-refractivity contribution in [3.63, 3.8) is 0 Å². The summed E-state index contributed by atoms with van der Waals surface area (Å²) in [5, 5.41) is 3.04. The second-order valence-electron chi connectivity index (χ2n) is 7.33. The fourth-order valence-corrected chi connectivity index (χ4v) is 3.73. The molecule has 1 amide bonds. The molecule has 5 nitrogen and oxygen atoms in total. The zero-order chi connectivity index (χ0) is 19.4. The molecule has 1 aliphatic rings. The van der Waals surface area contributed by atoms with Crippen molar-refractivity contribution in [2.45, 2.75) is 32.7 Å². The Balaban J connectivity index is 1.60. The van der Waals surface area contributed by atoms with Gasteiger partial charge < -0.3 is 19.7 Å². The molecule has 5 heteroatoms. The number of likely N-dealkylation sites (N-methyl/N-ethyl adjacent to an activating group) is 1. The number of fused-ring (bicyclic) bond motifs is 1. The zero-order valence-electron chi connectivity index (χ0n) is 16.6. The summed E-state index contributed by atoms with van der Waals surface area (Å²) in [7, 11) is 5.30. The number of rotatable bonds is 7. The van der Waals surface area contributed by atoms with Gasteiger partial charge in [-0.15, -0.1) is 0 Å². The van der Waals surface area contributed by atoms with E-state index in [-0.39, 0.29) is 5.91 Å². The predicted octanol–water partition coefficient (Wildman–Crippen LogP) is 2.15. The van der Waals surface area contributed by atoms with Crippen LogP contribution < -0.4 is 19.7 Å². The number of aryl methyl sites for hydroxylation is 3. The molecule has 2 N–H and O–H groups in total. The lowest BCUT2D eigenvalue weighted by molar-refractivity contribution is -0.885. The number of amides is 1. The van der Waals surface area contributed by atoms with Gasteiger partial charge in [-0.25, -0.2) is 0 Å². The Hall–Kier alpha value is -2.53. The van der Waals surface area contributed by atoms with E-state index in [0.717, 1.165) is 46.9 Å². The van der Waals surface area contributed by atoms with Gasteiger partial charge >= 0.3 is 0 Å². The van der Waals surface area contributed by atoms with Crippen LogP contribution in [0.1, 0.15) is 28.7 Å². The van der Waals surface area contributed by atoms with Crippen LogP contribution in [0.4, 0.5) is 5.69 Å². The van der Waals surface area contributed by atoms with Crippen LogP contribution in [0.5, 0.6) is 11.5 Å². The van der Waals surface area contributed by atoms with Gasteiger partial charge in [-0.2, -0.15) is 0 Å². The average molecular weight is 369 g/mol. The molecule has 2 aromatic carbocycles. The van der Waals surface area contributed by atoms with E-state index >= 15 is 0 Å². The minimum Gasteiger partial charge on any atom is -0.493 e. The topological polar surface area (TPSA) is 52.0 Å². The number of methoxy groups -OCH3 is 2. The smallest absolute Gasteiger partial charge is 0.279 e. The molecule has 0 aromatic heterocycles. The van der Waals surface area contributed by atoms with E-state index in [4.69, 9.17) is 9.47 Å². The number of ether oxygens (including phenoxy) is 2. The second-order valence-corrected chi connectivity index (χ2v) is 7.33. The number of benzene rings is 2. The predicted molar refractivity (Wildman–Crippen MR) is 107 cm³/mol. The summed E-state index contributed by atoms with van der Waals surface area (Å²) in [5.74, 6) is 1.47. The van der Waals surface area contributed by atoms with Crippen molar-refractivity contribution in [1.82, 2.24) is 0 Å². The molecule has 27 heavy (non-hydrogen) atoms. The monoisotopic (exact) mass is 369 g/mol. The van der Waals surface area contributed by atoms with Crippen LogP contribution in [0, 0.1) is 6.92 Å². The number of hydrogen-bond donors (Lipinski definition) is 2. The van der Waals surface area contributed by atoms with Gasteiger partial charge in [0.05, 0.1) is 21.3 Å². The molecule has 2 aromatic rings. The standard InChI is InChI=1S/C22H28N2O3/c1-15-10-20(26-3)21(27-4)12-18(15)13-24(2)14-22(25)23-19-9-8-16-6-5-7-17(16)11-19/h8-12H,5-7,13-14H2,1-4H3,(H,23,25)/p+1. The third-order valence-corrected chi connectivity index (χ3v) is 5.18. The summed E-state index contributed by atoms with van der Waals surface area (Å²) in [4.78, 5) is 13.6. The Morgan fingerprint density at radius 2 is 1.78 bits per heavy atom. The first-order chi connectivity index (χ1) is 13.0. The van der Waals surface area contributed by atoms with E-state index in [1.54, 1.807) is 14.2 Å². The third-order valence-electron chi connectivity index (χ3n) is 5.18. The van der Waals surface area contributed by atoms with Gasteiger partial charge in [0.15, 0.2) is 18.0 Å². The van der Waals surface area contributed by atoms with Crippen molar-refractivity contribution in [1.29, 1.82) is 0 Å². The van der Waals surface area contributed by atoms with Crippen LogP contribution in [0.15, 0.2) is 30.3 Å². The van der Waals surface area contributed by atoms with E-state index in [1.165, 1.54) is 17.5 Å². The van der Waals surface area contributed by atoms with Crippen molar-refractivity contribution in [2.24, 2.45) is 0 Å². The molecule has 1 unspecified atom stereocenters. The van der Waals surface area contributed by atoms with E-state index in [1.807, 2.05) is 25.2 Å². The highest BCUT2D eigenvalue weighted by Crippen LogP contribution is 2.30. The number of carbonyl (C=O) groups is 1. The van der Waals surface area contributed by atoms with E-state index in [2.05, 4.69) is 24.4 Å². The molecule has 0 bridgehead atoms. The molecule has 0 heterocycles.